The highest BCUT2D eigenvalue weighted by molar-refractivity contribution is 8.01. The van der Waals surface area contributed by atoms with Gasteiger partial charge in [-0.15, -0.1) is 24.2 Å². The molecule has 0 bridgehead atoms. The number of halogens is 1. The quantitative estimate of drug-likeness (QED) is 0.916. The summed E-state index contributed by atoms with van der Waals surface area (Å²) in [6.07, 6.45) is 4.40. The Hall–Kier alpha value is -0.710. The van der Waals surface area contributed by atoms with E-state index >= 15 is 0 Å². The highest BCUT2D eigenvalue weighted by Gasteiger charge is 2.44. The second-order valence-corrected chi connectivity index (χ2v) is 7.62. The molecule has 2 aliphatic rings. The summed E-state index contributed by atoms with van der Waals surface area (Å²) in [4.78, 5) is 16.4. The summed E-state index contributed by atoms with van der Waals surface area (Å²) in [6.45, 7) is 5.67. The van der Waals surface area contributed by atoms with Crippen LogP contribution in [0.4, 0.5) is 0 Å². The summed E-state index contributed by atoms with van der Waals surface area (Å²) < 4.78 is -0.216. The zero-order valence-electron chi connectivity index (χ0n) is 13.1. The van der Waals surface area contributed by atoms with Crippen molar-refractivity contribution in [3.05, 3.63) is 29.8 Å². The van der Waals surface area contributed by atoms with Crippen LogP contribution in [0.3, 0.4) is 0 Å². The molecule has 2 fully saturated rings. The van der Waals surface area contributed by atoms with E-state index in [-0.39, 0.29) is 17.2 Å². The predicted molar refractivity (Wildman–Crippen MR) is 94.9 cm³/mol. The number of hydrogen-bond donors (Lipinski definition) is 1. The molecule has 22 heavy (non-hydrogen) atoms. The number of carbonyl (C=O) groups is 1. The van der Waals surface area contributed by atoms with Crippen LogP contribution in [-0.4, -0.2) is 41.7 Å². The van der Waals surface area contributed by atoms with Gasteiger partial charge in [-0.2, -0.15) is 0 Å². The van der Waals surface area contributed by atoms with E-state index < -0.39 is 0 Å². The molecule has 1 aromatic carbocycles. The number of benzene rings is 1. The van der Waals surface area contributed by atoms with Crippen molar-refractivity contribution in [3.63, 3.8) is 0 Å². The van der Waals surface area contributed by atoms with Crippen molar-refractivity contribution in [2.75, 3.05) is 26.2 Å². The zero-order valence-corrected chi connectivity index (χ0v) is 14.8. The van der Waals surface area contributed by atoms with Gasteiger partial charge in [0.05, 0.1) is 4.75 Å². The van der Waals surface area contributed by atoms with Gasteiger partial charge in [-0.3, -0.25) is 4.79 Å². The molecule has 0 atom stereocenters. The Morgan fingerprint density at radius 2 is 1.73 bits per heavy atom. The molecule has 5 heteroatoms. The Kier molecular flexibility index (Phi) is 6.18. The van der Waals surface area contributed by atoms with Crippen LogP contribution in [0.15, 0.2) is 29.2 Å². The molecule has 3 nitrogen and oxygen atoms in total. The van der Waals surface area contributed by atoms with Gasteiger partial charge in [0.25, 0.3) is 0 Å². The number of rotatable bonds is 3. The minimum Gasteiger partial charge on any atom is -0.339 e. The molecule has 0 aromatic heterocycles. The van der Waals surface area contributed by atoms with Crippen LogP contribution in [0.2, 0.25) is 0 Å². The van der Waals surface area contributed by atoms with Crippen molar-refractivity contribution >= 4 is 30.1 Å². The molecule has 0 radical (unpaired) electrons. The van der Waals surface area contributed by atoms with Crippen molar-refractivity contribution in [2.45, 2.75) is 42.2 Å². The molecule has 0 unspecified atom stereocenters. The summed E-state index contributed by atoms with van der Waals surface area (Å²) in [5, 5.41) is 3.33. The lowest BCUT2D eigenvalue weighted by molar-refractivity contribution is -0.134. The van der Waals surface area contributed by atoms with Crippen LogP contribution >= 0.6 is 24.2 Å². The molecule has 3 rings (SSSR count). The van der Waals surface area contributed by atoms with E-state index in [4.69, 9.17) is 0 Å². The lowest BCUT2D eigenvalue weighted by Crippen LogP contribution is -2.52. The fourth-order valence-corrected chi connectivity index (χ4v) is 4.73. The number of nitrogens with zero attached hydrogens (tertiary/aromatic N) is 1. The van der Waals surface area contributed by atoms with Crippen LogP contribution < -0.4 is 5.32 Å². The molecule has 1 amide bonds. The summed E-state index contributed by atoms with van der Waals surface area (Å²) in [5.41, 5.74) is 1.27. The first-order chi connectivity index (χ1) is 10.2. The molecule has 1 aliphatic heterocycles. The van der Waals surface area contributed by atoms with Gasteiger partial charge in [0.1, 0.15) is 0 Å². The first kappa shape index (κ1) is 17.6. The number of nitrogens with one attached hydrogen (secondary N) is 1. The molecule has 0 spiro atoms. The van der Waals surface area contributed by atoms with Crippen molar-refractivity contribution in [1.29, 1.82) is 0 Å². The Bertz CT molecular complexity index is 494. The lowest BCUT2D eigenvalue weighted by atomic mass is 10.0. The number of amides is 1. The second kappa shape index (κ2) is 7.71. The van der Waals surface area contributed by atoms with E-state index in [2.05, 4.69) is 41.4 Å². The van der Waals surface area contributed by atoms with Crippen LogP contribution in [0.5, 0.6) is 0 Å². The fraction of sp³-hybridized carbons (Fsp3) is 0.588. The van der Waals surface area contributed by atoms with Crippen molar-refractivity contribution in [3.8, 4) is 0 Å². The van der Waals surface area contributed by atoms with Gasteiger partial charge in [-0.25, -0.2) is 0 Å². The molecule has 122 valence electrons. The van der Waals surface area contributed by atoms with Crippen LogP contribution in [0, 0.1) is 6.92 Å². The summed E-state index contributed by atoms with van der Waals surface area (Å²) in [7, 11) is 0. The molecular weight excluding hydrogens is 316 g/mol. The van der Waals surface area contributed by atoms with E-state index in [1.807, 2.05) is 0 Å². The third-order valence-corrected chi connectivity index (χ3v) is 6.02. The Labute approximate surface area is 143 Å². The van der Waals surface area contributed by atoms with Gasteiger partial charge >= 0.3 is 0 Å². The van der Waals surface area contributed by atoms with Crippen molar-refractivity contribution in [2.24, 2.45) is 0 Å². The van der Waals surface area contributed by atoms with E-state index in [1.54, 1.807) is 11.8 Å². The highest BCUT2D eigenvalue weighted by Crippen LogP contribution is 2.46. The van der Waals surface area contributed by atoms with E-state index in [0.29, 0.717) is 5.91 Å². The third kappa shape index (κ3) is 3.79. The maximum absolute atomic E-state index is 13.1. The maximum Gasteiger partial charge on any atom is 0.239 e. The summed E-state index contributed by atoms with van der Waals surface area (Å²) >= 11 is 1.80. The number of aryl methyl sites for hydroxylation is 1. The predicted octanol–water partition coefficient (Wildman–Crippen LogP) is 3.25. The number of hydrogen-bond acceptors (Lipinski definition) is 3. The van der Waals surface area contributed by atoms with Crippen LogP contribution in [0.1, 0.15) is 31.2 Å². The largest absolute Gasteiger partial charge is 0.339 e. The summed E-state index contributed by atoms with van der Waals surface area (Å²) in [5.74, 6) is 0.368. The van der Waals surface area contributed by atoms with Gasteiger partial charge in [0.15, 0.2) is 0 Å². The average Bonchev–Trinajstić information content (AvgIpc) is 2.99. The number of carbonyl (C=O) groups excluding carboxylic acids is 1. The normalized spacial score (nSPS) is 20.5. The monoisotopic (exact) mass is 340 g/mol. The smallest absolute Gasteiger partial charge is 0.239 e. The topological polar surface area (TPSA) is 32.3 Å². The van der Waals surface area contributed by atoms with Crippen LogP contribution in [-0.2, 0) is 4.79 Å². The molecule has 1 aromatic rings. The molecular formula is C17H25ClN2OS. The molecule has 1 N–H and O–H groups in total. The summed E-state index contributed by atoms with van der Waals surface area (Å²) in [6, 6.07) is 8.59. The second-order valence-electron chi connectivity index (χ2n) is 6.16. The van der Waals surface area contributed by atoms with E-state index in [9.17, 15) is 4.79 Å². The molecule has 1 saturated heterocycles. The Morgan fingerprint density at radius 3 is 2.32 bits per heavy atom. The van der Waals surface area contributed by atoms with Crippen LogP contribution in [0.25, 0.3) is 0 Å². The SMILES string of the molecule is Cc1ccc(SC2(C(=O)N3CCNCC3)CCCC2)cc1.Cl. The number of piperazine rings is 1. The van der Waals surface area contributed by atoms with Crippen molar-refractivity contribution < 1.29 is 4.79 Å². The van der Waals surface area contributed by atoms with Gasteiger partial charge in [0, 0.05) is 31.1 Å². The third-order valence-electron chi connectivity index (χ3n) is 4.54. The fourth-order valence-electron chi connectivity index (χ4n) is 3.29. The maximum atomic E-state index is 13.1. The van der Waals surface area contributed by atoms with Gasteiger partial charge < -0.3 is 10.2 Å². The minimum absolute atomic E-state index is 0. The van der Waals surface area contributed by atoms with Gasteiger partial charge in [-0.05, 0) is 31.9 Å². The van der Waals surface area contributed by atoms with Gasteiger partial charge in [0.2, 0.25) is 5.91 Å². The zero-order chi connectivity index (χ0) is 14.7. The van der Waals surface area contributed by atoms with Gasteiger partial charge in [-0.1, -0.05) is 30.5 Å². The lowest BCUT2D eigenvalue weighted by Gasteiger charge is -2.36. The average molecular weight is 341 g/mol. The van der Waals surface area contributed by atoms with E-state index in [0.717, 1.165) is 39.0 Å². The molecule has 1 aliphatic carbocycles. The Balaban J connectivity index is 0.00000176. The number of thioether (sulfide) groups is 1. The highest BCUT2D eigenvalue weighted by atomic mass is 35.5. The molecule has 1 saturated carbocycles. The first-order valence-corrected chi connectivity index (χ1v) is 8.77. The first-order valence-electron chi connectivity index (χ1n) is 7.95. The van der Waals surface area contributed by atoms with E-state index in [1.165, 1.54) is 23.3 Å². The standard InChI is InChI=1S/C17H24N2OS.ClH/c1-14-4-6-15(7-5-14)21-17(8-2-3-9-17)16(20)19-12-10-18-11-13-19;/h4-7,18H,2-3,8-13H2,1H3;1H. The minimum atomic E-state index is -0.216. The Morgan fingerprint density at radius 1 is 1.14 bits per heavy atom. The van der Waals surface area contributed by atoms with Crippen molar-refractivity contribution in [1.82, 2.24) is 10.2 Å². The molecule has 1 heterocycles.